The van der Waals surface area contributed by atoms with Gasteiger partial charge in [0.15, 0.2) is 6.61 Å². The molecule has 2 aromatic heterocycles. The minimum Gasteiger partial charge on any atom is -0.455 e. The van der Waals surface area contributed by atoms with E-state index < -0.39 is 24.5 Å². The Kier molecular flexibility index (Phi) is 7.65. The molecule has 1 saturated heterocycles. The highest BCUT2D eigenvalue weighted by Crippen LogP contribution is 2.35. The quantitative estimate of drug-likeness (QED) is 0.621. The first-order chi connectivity index (χ1) is 16.3. The molecule has 2 aromatic rings. The number of anilines is 1. The van der Waals surface area contributed by atoms with E-state index in [1.807, 2.05) is 0 Å². The lowest BCUT2D eigenvalue weighted by molar-refractivity contribution is -0.153. The number of ether oxygens (including phenoxy) is 1. The highest BCUT2D eigenvalue weighted by Gasteiger charge is 2.29. The van der Waals surface area contributed by atoms with E-state index >= 15 is 0 Å². The smallest absolute Gasteiger partial charge is 0.321 e. The van der Waals surface area contributed by atoms with Gasteiger partial charge in [-0.05, 0) is 51.0 Å². The van der Waals surface area contributed by atoms with Crippen LogP contribution in [0, 0.1) is 25.7 Å². The molecule has 2 fully saturated rings. The summed E-state index contributed by atoms with van der Waals surface area (Å²) in [6.07, 6.45) is 7.08. The molecular formula is C24H33N5O4S. The number of nitrogens with one attached hydrogen (secondary N) is 2. The second-order valence-corrected chi connectivity index (χ2v) is 10.6. The van der Waals surface area contributed by atoms with Crippen molar-refractivity contribution in [3.63, 3.8) is 0 Å². The maximum absolute atomic E-state index is 12.5. The number of hydrogen-bond donors (Lipinski definition) is 2. The Morgan fingerprint density at radius 1 is 1.12 bits per heavy atom. The van der Waals surface area contributed by atoms with Crippen LogP contribution in [0.25, 0.3) is 10.2 Å². The zero-order valence-corrected chi connectivity index (χ0v) is 20.9. The summed E-state index contributed by atoms with van der Waals surface area (Å²) < 4.78 is 5.22. The summed E-state index contributed by atoms with van der Waals surface area (Å²) in [5.41, 5.74) is 1.20. The average Bonchev–Trinajstić information content (AvgIpc) is 3.12. The number of rotatable bonds is 5. The van der Waals surface area contributed by atoms with Crippen molar-refractivity contribution >= 4 is 45.3 Å². The lowest BCUT2D eigenvalue weighted by Crippen LogP contribution is -2.48. The predicted molar refractivity (Wildman–Crippen MR) is 131 cm³/mol. The van der Waals surface area contributed by atoms with Crippen LogP contribution in [0.5, 0.6) is 0 Å². The summed E-state index contributed by atoms with van der Waals surface area (Å²) >= 11 is 1.67. The molecule has 2 unspecified atom stereocenters. The number of fused-ring (bicyclic) bond motifs is 1. The van der Waals surface area contributed by atoms with Crippen molar-refractivity contribution in [1.82, 2.24) is 20.6 Å². The molecule has 1 aliphatic carbocycles. The van der Waals surface area contributed by atoms with Crippen LogP contribution in [0.4, 0.5) is 10.6 Å². The zero-order valence-electron chi connectivity index (χ0n) is 20.1. The van der Waals surface area contributed by atoms with Gasteiger partial charge in [0.2, 0.25) is 0 Å². The van der Waals surface area contributed by atoms with Crippen molar-refractivity contribution in [1.29, 1.82) is 0 Å². The minimum atomic E-state index is -0.613. The summed E-state index contributed by atoms with van der Waals surface area (Å²) in [5.74, 6) is 0.0225. The monoisotopic (exact) mass is 487 g/mol. The first-order valence-corrected chi connectivity index (χ1v) is 12.9. The molecule has 10 heteroatoms. The number of nitrogens with zero attached hydrogens (tertiary/aromatic N) is 3. The fourth-order valence-corrected chi connectivity index (χ4v) is 5.87. The van der Waals surface area contributed by atoms with Gasteiger partial charge < -0.3 is 15.0 Å². The van der Waals surface area contributed by atoms with Crippen LogP contribution in [0.1, 0.15) is 55.9 Å². The van der Waals surface area contributed by atoms with Gasteiger partial charge in [-0.2, -0.15) is 0 Å². The first-order valence-electron chi connectivity index (χ1n) is 12.1. The van der Waals surface area contributed by atoms with Crippen molar-refractivity contribution in [2.45, 2.75) is 65.3 Å². The lowest BCUT2D eigenvalue weighted by atomic mass is 9.86. The van der Waals surface area contributed by atoms with Crippen LogP contribution in [-0.2, 0) is 14.3 Å². The van der Waals surface area contributed by atoms with Gasteiger partial charge in [-0.25, -0.2) is 14.8 Å². The maximum Gasteiger partial charge on any atom is 0.321 e. The predicted octanol–water partition coefficient (Wildman–Crippen LogP) is 3.47. The summed E-state index contributed by atoms with van der Waals surface area (Å²) in [6, 6.07) is -0.449. The van der Waals surface area contributed by atoms with E-state index in [0.717, 1.165) is 35.3 Å². The molecule has 2 N–H and O–H groups in total. The molecular weight excluding hydrogens is 454 g/mol. The zero-order chi connectivity index (χ0) is 24.2. The van der Waals surface area contributed by atoms with E-state index in [4.69, 9.17) is 4.74 Å². The third-order valence-corrected chi connectivity index (χ3v) is 8.21. The van der Waals surface area contributed by atoms with Crippen LogP contribution in [0.15, 0.2) is 6.33 Å². The molecule has 1 aliphatic heterocycles. The Labute approximate surface area is 203 Å². The molecule has 0 bridgehead atoms. The summed E-state index contributed by atoms with van der Waals surface area (Å²) in [5, 5.41) is 6.22. The number of urea groups is 1. The highest BCUT2D eigenvalue weighted by molar-refractivity contribution is 7.18. The van der Waals surface area contributed by atoms with E-state index in [0.29, 0.717) is 31.8 Å². The second-order valence-electron chi connectivity index (χ2n) is 9.42. The highest BCUT2D eigenvalue weighted by atomic mass is 32.1. The number of aromatic nitrogens is 2. The number of imide groups is 1. The molecule has 1 saturated carbocycles. The summed E-state index contributed by atoms with van der Waals surface area (Å²) in [4.78, 5) is 50.0. The molecule has 3 heterocycles. The van der Waals surface area contributed by atoms with Gasteiger partial charge in [-0.3, -0.25) is 14.9 Å². The van der Waals surface area contributed by atoms with Crippen molar-refractivity contribution in [3.05, 3.63) is 16.8 Å². The average molecular weight is 488 g/mol. The molecule has 184 valence electrons. The van der Waals surface area contributed by atoms with Gasteiger partial charge in [0.1, 0.15) is 17.0 Å². The largest absolute Gasteiger partial charge is 0.455 e. The molecule has 9 nitrogen and oxygen atoms in total. The standard InChI is InChI=1S/C24H33N5O4S/c1-14-6-4-5-7-18(14)27-24(32)28-19(30)12-33-23(31)17-8-10-29(11-9-17)21-20-15(2)16(3)34-22(20)26-13-25-21/h13-14,17-18H,4-12H2,1-3H3,(H2,27,28,30,32). The van der Waals surface area contributed by atoms with Gasteiger partial charge in [0.05, 0.1) is 11.3 Å². The Hall–Kier alpha value is -2.75. The number of piperidine rings is 1. The van der Waals surface area contributed by atoms with E-state index in [1.165, 1.54) is 16.9 Å². The number of esters is 1. The topological polar surface area (TPSA) is 114 Å². The van der Waals surface area contributed by atoms with Gasteiger partial charge >= 0.3 is 12.0 Å². The molecule has 4 rings (SSSR count). The molecule has 2 aliphatic rings. The van der Waals surface area contributed by atoms with Crippen LogP contribution in [0.3, 0.4) is 0 Å². The summed E-state index contributed by atoms with van der Waals surface area (Å²) in [7, 11) is 0. The maximum atomic E-state index is 12.5. The molecule has 34 heavy (non-hydrogen) atoms. The molecule has 0 aromatic carbocycles. The number of amides is 3. The van der Waals surface area contributed by atoms with Crippen LogP contribution in [0.2, 0.25) is 0 Å². The van der Waals surface area contributed by atoms with Crippen molar-refractivity contribution < 1.29 is 19.1 Å². The Balaban J connectivity index is 1.23. The van der Waals surface area contributed by atoms with Gasteiger partial charge in [0, 0.05) is 24.0 Å². The third-order valence-electron chi connectivity index (χ3n) is 7.10. The van der Waals surface area contributed by atoms with E-state index in [-0.39, 0.29) is 12.0 Å². The lowest BCUT2D eigenvalue weighted by Gasteiger charge is -2.32. The Bertz CT molecular complexity index is 1060. The Morgan fingerprint density at radius 3 is 2.59 bits per heavy atom. The van der Waals surface area contributed by atoms with E-state index in [2.05, 4.69) is 46.3 Å². The van der Waals surface area contributed by atoms with E-state index in [9.17, 15) is 14.4 Å². The van der Waals surface area contributed by atoms with Crippen molar-refractivity contribution in [3.8, 4) is 0 Å². The third kappa shape index (κ3) is 5.48. The Morgan fingerprint density at radius 2 is 1.85 bits per heavy atom. The minimum absolute atomic E-state index is 0.0761. The van der Waals surface area contributed by atoms with Crippen molar-refractivity contribution in [2.75, 3.05) is 24.6 Å². The van der Waals surface area contributed by atoms with E-state index in [1.54, 1.807) is 17.7 Å². The van der Waals surface area contributed by atoms with Crippen LogP contribution < -0.4 is 15.5 Å². The SMILES string of the molecule is Cc1sc2ncnc(N3CCC(C(=O)OCC(=O)NC(=O)NC4CCCCC4C)CC3)c2c1C. The number of thiophene rings is 1. The molecule has 0 radical (unpaired) electrons. The van der Waals surface area contributed by atoms with Gasteiger partial charge in [-0.1, -0.05) is 19.8 Å². The fourth-order valence-electron chi connectivity index (χ4n) is 4.88. The van der Waals surface area contributed by atoms with Crippen molar-refractivity contribution in [2.24, 2.45) is 11.8 Å². The normalized spacial score (nSPS) is 21.3. The molecule has 0 spiro atoms. The fraction of sp³-hybridized carbons (Fsp3) is 0.625. The van der Waals surface area contributed by atoms with Gasteiger partial charge in [-0.15, -0.1) is 11.3 Å². The first kappa shape index (κ1) is 24.4. The second kappa shape index (κ2) is 10.7. The van der Waals surface area contributed by atoms with Crippen LogP contribution in [-0.4, -0.2) is 53.6 Å². The van der Waals surface area contributed by atoms with Gasteiger partial charge in [0.25, 0.3) is 5.91 Å². The molecule has 2 atom stereocenters. The van der Waals surface area contributed by atoms with Crippen LogP contribution >= 0.6 is 11.3 Å². The number of aryl methyl sites for hydroxylation is 2. The number of carbonyl (C=O) groups is 3. The number of hydrogen-bond acceptors (Lipinski definition) is 8. The molecule has 3 amide bonds. The summed E-state index contributed by atoms with van der Waals surface area (Å²) in [6.45, 7) is 7.18. The number of carbonyl (C=O) groups excluding carboxylic acids is 3.